The highest BCUT2D eigenvalue weighted by molar-refractivity contribution is 5.16. The minimum atomic E-state index is -0.889. The van der Waals surface area contributed by atoms with Crippen LogP contribution in [0.4, 0.5) is 0 Å². The van der Waals surface area contributed by atoms with Gasteiger partial charge in [0.15, 0.2) is 6.29 Å². The summed E-state index contributed by atoms with van der Waals surface area (Å²) < 4.78 is 10.9. The van der Waals surface area contributed by atoms with E-state index < -0.39 is 24.6 Å². The molecule has 0 amide bonds. The molecule has 0 saturated carbocycles. The Kier molecular flexibility index (Phi) is 4.09. The van der Waals surface area contributed by atoms with Crippen molar-refractivity contribution in [3.8, 4) is 0 Å². The van der Waals surface area contributed by atoms with Crippen LogP contribution in [0.25, 0.3) is 0 Å². The molecular formula is C12H17NO4. The van der Waals surface area contributed by atoms with Crippen molar-refractivity contribution in [2.24, 2.45) is 5.73 Å². The molecular weight excluding hydrogens is 222 g/mol. The van der Waals surface area contributed by atoms with Crippen molar-refractivity contribution >= 4 is 0 Å². The van der Waals surface area contributed by atoms with E-state index in [9.17, 15) is 10.2 Å². The molecule has 0 bridgehead atoms. The lowest BCUT2D eigenvalue weighted by Crippen LogP contribution is -2.49. The second kappa shape index (κ2) is 5.57. The molecule has 1 aliphatic rings. The molecule has 1 saturated heterocycles. The first-order valence-corrected chi connectivity index (χ1v) is 5.60. The first-order chi connectivity index (χ1) is 8.22. The van der Waals surface area contributed by atoms with Gasteiger partial charge < -0.3 is 25.4 Å². The molecule has 4 N–H and O–H groups in total. The van der Waals surface area contributed by atoms with E-state index in [0.29, 0.717) is 0 Å². The molecule has 17 heavy (non-hydrogen) atoms. The Balaban J connectivity index is 2.08. The Morgan fingerprint density at radius 1 is 1.35 bits per heavy atom. The summed E-state index contributed by atoms with van der Waals surface area (Å²) in [4.78, 5) is 0. The minimum Gasteiger partial charge on any atom is -0.389 e. The molecule has 1 aromatic rings. The van der Waals surface area contributed by atoms with Crippen molar-refractivity contribution in [3.05, 3.63) is 35.9 Å². The van der Waals surface area contributed by atoms with Crippen LogP contribution in [-0.4, -0.2) is 41.7 Å². The Hall–Kier alpha value is -0.980. The smallest absolute Gasteiger partial charge is 0.184 e. The summed E-state index contributed by atoms with van der Waals surface area (Å²) >= 11 is 0. The van der Waals surface area contributed by atoms with Gasteiger partial charge in [0.2, 0.25) is 0 Å². The van der Waals surface area contributed by atoms with Crippen LogP contribution in [0.1, 0.15) is 11.9 Å². The second-order valence-electron chi connectivity index (χ2n) is 4.05. The van der Waals surface area contributed by atoms with E-state index in [1.807, 2.05) is 30.3 Å². The van der Waals surface area contributed by atoms with Gasteiger partial charge in [0.05, 0.1) is 12.7 Å². The zero-order chi connectivity index (χ0) is 12.3. The average Bonchev–Trinajstić information content (AvgIpc) is 2.39. The third kappa shape index (κ3) is 2.83. The van der Waals surface area contributed by atoms with E-state index in [-0.39, 0.29) is 13.2 Å². The third-order valence-electron chi connectivity index (χ3n) is 2.77. The fraction of sp³-hybridized carbons (Fsp3) is 0.500. The lowest BCUT2D eigenvalue weighted by atomic mass is 10.1. The van der Waals surface area contributed by atoms with Crippen LogP contribution in [0.15, 0.2) is 30.3 Å². The Morgan fingerprint density at radius 2 is 2.06 bits per heavy atom. The quantitative estimate of drug-likeness (QED) is 0.679. The van der Waals surface area contributed by atoms with Crippen molar-refractivity contribution < 1.29 is 19.7 Å². The summed E-state index contributed by atoms with van der Waals surface area (Å²) in [5.41, 5.74) is 6.22. The number of aliphatic hydroxyl groups excluding tert-OH is 2. The maximum atomic E-state index is 9.67. The molecule has 5 nitrogen and oxygen atoms in total. The van der Waals surface area contributed by atoms with Gasteiger partial charge in [0.25, 0.3) is 0 Å². The van der Waals surface area contributed by atoms with Crippen molar-refractivity contribution in [2.45, 2.75) is 24.6 Å². The molecule has 94 valence electrons. The molecule has 0 unspecified atom stereocenters. The van der Waals surface area contributed by atoms with E-state index in [4.69, 9.17) is 15.2 Å². The fourth-order valence-corrected chi connectivity index (χ4v) is 1.82. The Bertz CT molecular complexity index is 342. The van der Waals surface area contributed by atoms with Gasteiger partial charge in [-0.3, -0.25) is 0 Å². The van der Waals surface area contributed by atoms with Gasteiger partial charge in [-0.05, 0) is 0 Å². The molecule has 1 heterocycles. The molecule has 4 atom stereocenters. The van der Waals surface area contributed by atoms with Crippen LogP contribution in [-0.2, 0) is 9.47 Å². The van der Waals surface area contributed by atoms with Crippen molar-refractivity contribution in [3.63, 3.8) is 0 Å². The minimum absolute atomic E-state index is 0.0449. The predicted octanol–water partition coefficient (Wildman–Crippen LogP) is -0.219. The molecule has 0 spiro atoms. The molecule has 0 aliphatic carbocycles. The highest BCUT2D eigenvalue weighted by Crippen LogP contribution is 2.27. The summed E-state index contributed by atoms with van der Waals surface area (Å²) in [6.45, 7) is 0.171. The van der Waals surface area contributed by atoms with Crippen molar-refractivity contribution in [1.82, 2.24) is 0 Å². The lowest BCUT2D eigenvalue weighted by Gasteiger charge is -2.36. The molecule has 0 aromatic heterocycles. The number of benzene rings is 1. The molecule has 1 aliphatic heterocycles. The number of aliphatic hydroxyl groups is 2. The number of ether oxygens (including phenoxy) is 2. The molecule has 2 rings (SSSR count). The maximum absolute atomic E-state index is 9.67. The van der Waals surface area contributed by atoms with E-state index in [1.54, 1.807) is 0 Å². The summed E-state index contributed by atoms with van der Waals surface area (Å²) in [5, 5.41) is 19.3. The van der Waals surface area contributed by atoms with Crippen LogP contribution >= 0.6 is 0 Å². The summed E-state index contributed by atoms with van der Waals surface area (Å²) in [6, 6.07) is 9.39. The van der Waals surface area contributed by atoms with Gasteiger partial charge >= 0.3 is 0 Å². The Labute approximate surface area is 99.8 Å². The monoisotopic (exact) mass is 239 g/mol. The second-order valence-corrected chi connectivity index (χ2v) is 4.05. The topological polar surface area (TPSA) is 84.9 Å². The Morgan fingerprint density at radius 3 is 2.71 bits per heavy atom. The van der Waals surface area contributed by atoms with Crippen LogP contribution in [0.3, 0.4) is 0 Å². The SMILES string of the molecule is NC[C@@H](O)[C@H]1O[C@@H](c2ccccc2)OC[C@H]1O. The van der Waals surface area contributed by atoms with Gasteiger partial charge in [0, 0.05) is 12.1 Å². The van der Waals surface area contributed by atoms with Crippen molar-refractivity contribution in [2.75, 3.05) is 13.2 Å². The fourth-order valence-electron chi connectivity index (χ4n) is 1.82. The van der Waals surface area contributed by atoms with Gasteiger partial charge in [-0.25, -0.2) is 0 Å². The van der Waals surface area contributed by atoms with Gasteiger partial charge in [0.1, 0.15) is 12.2 Å². The molecule has 1 fully saturated rings. The number of rotatable bonds is 3. The van der Waals surface area contributed by atoms with E-state index in [1.165, 1.54) is 0 Å². The largest absolute Gasteiger partial charge is 0.389 e. The summed E-state index contributed by atoms with van der Waals surface area (Å²) in [7, 11) is 0. The number of nitrogens with two attached hydrogens (primary N) is 1. The summed E-state index contributed by atoms with van der Waals surface area (Å²) in [6.07, 6.45) is -3.02. The van der Waals surface area contributed by atoms with Crippen molar-refractivity contribution in [1.29, 1.82) is 0 Å². The first kappa shape index (κ1) is 12.5. The highest BCUT2D eigenvalue weighted by atomic mass is 16.7. The van der Waals surface area contributed by atoms with Crippen LogP contribution in [0.2, 0.25) is 0 Å². The number of hydrogen-bond acceptors (Lipinski definition) is 5. The van der Waals surface area contributed by atoms with E-state index in [2.05, 4.69) is 0 Å². The predicted molar refractivity (Wildman–Crippen MR) is 61.1 cm³/mol. The standard InChI is InChI=1S/C12H17NO4/c13-6-9(14)11-10(15)7-16-12(17-11)8-4-2-1-3-5-8/h1-5,9-12,14-15H,6-7,13H2/t9-,10-,11-,12+/m1/s1. The number of hydrogen-bond donors (Lipinski definition) is 3. The molecule has 0 radical (unpaired) electrons. The maximum Gasteiger partial charge on any atom is 0.184 e. The van der Waals surface area contributed by atoms with Crippen LogP contribution in [0, 0.1) is 0 Å². The molecule has 1 aromatic carbocycles. The lowest BCUT2D eigenvalue weighted by molar-refractivity contribution is -0.274. The van der Waals surface area contributed by atoms with Gasteiger partial charge in [-0.2, -0.15) is 0 Å². The summed E-state index contributed by atoms with van der Waals surface area (Å²) in [5.74, 6) is 0. The van der Waals surface area contributed by atoms with Gasteiger partial charge in [-0.1, -0.05) is 30.3 Å². The van der Waals surface area contributed by atoms with E-state index >= 15 is 0 Å². The highest BCUT2D eigenvalue weighted by Gasteiger charge is 2.35. The van der Waals surface area contributed by atoms with Gasteiger partial charge in [-0.15, -0.1) is 0 Å². The normalized spacial score (nSPS) is 31.1. The van der Waals surface area contributed by atoms with Crippen LogP contribution in [0.5, 0.6) is 0 Å². The zero-order valence-electron chi connectivity index (χ0n) is 9.40. The first-order valence-electron chi connectivity index (χ1n) is 5.60. The van der Waals surface area contributed by atoms with E-state index in [0.717, 1.165) is 5.56 Å². The molecule has 5 heteroatoms. The van der Waals surface area contributed by atoms with Crippen LogP contribution < -0.4 is 5.73 Å². The third-order valence-corrected chi connectivity index (χ3v) is 2.77. The average molecular weight is 239 g/mol. The zero-order valence-corrected chi connectivity index (χ0v) is 9.40.